The van der Waals surface area contributed by atoms with Crippen LogP contribution in [-0.2, 0) is 20.0 Å². The van der Waals surface area contributed by atoms with Gasteiger partial charge in [-0.25, -0.2) is 0 Å². The lowest BCUT2D eigenvalue weighted by Crippen LogP contribution is -2.52. The number of hydrogen-bond donors (Lipinski definition) is 2. The van der Waals surface area contributed by atoms with E-state index < -0.39 is 0 Å². The van der Waals surface area contributed by atoms with Crippen molar-refractivity contribution in [3.8, 4) is 0 Å². The van der Waals surface area contributed by atoms with Crippen LogP contribution in [0.3, 0.4) is 0 Å². The van der Waals surface area contributed by atoms with Crippen LogP contribution in [0.15, 0.2) is 11.2 Å². The van der Waals surface area contributed by atoms with Crippen LogP contribution in [0.4, 0.5) is 0 Å². The molecule has 1 fully saturated rings. The molecule has 0 spiro atoms. The van der Waals surface area contributed by atoms with Gasteiger partial charge in [0.05, 0.1) is 17.4 Å². The van der Waals surface area contributed by atoms with Crippen LogP contribution in [0, 0.1) is 0 Å². The Kier molecular flexibility index (Phi) is 5.19. The maximum Gasteiger partial charge on any atom is 0.156 e. The van der Waals surface area contributed by atoms with Gasteiger partial charge in [-0.2, -0.15) is 5.10 Å². The van der Waals surface area contributed by atoms with Gasteiger partial charge in [0.1, 0.15) is 0 Å². The third kappa shape index (κ3) is 3.74. The number of aromatic nitrogens is 2. The Bertz CT molecular complexity index is 490. The minimum atomic E-state index is -0.0134. The number of aryl methyl sites for hydroxylation is 2. The van der Waals surface area contributed by atoms with E-state index in [0.717, 1.165) is 44.8 Å². The molecule has 0 saturated carbocycles. The zero-order valence-electron chi connectivity index (χ0n) is 13.2. The number of amidine groups is 1. The second kappa shape index (κ2) is 6.91. The molecule has 1 saturated heterocycles. The number of hydrogen-bond acceptors (Lipinski definition) is 5. The van der Waals surface area contributed by atoms with Gasteiger partial charge in [0.15, 0.2) is 5.84 Å². The molecule has 1 aromatic heterocycles. The van der Waals surface area contributed by atoms with Crippen LogP contribution >= 0.6 is 0 Å². The fourth-order valence-corrected chi connectivity index (χ4v) is 2.70. The summed E-state index contributed by atoms with van der Waals surface area (Å²) >= 11 is 0. The molecule has 7 heteroatoms. The second-order valence-electron chi connectivity index (χ2n) is 5.62. The molecule has 0 amide bonds. The average Bonchev–Trinajstić information content (AvgIpc) is 2.86. The van der Waals surface area contributed by atoms with Crippen molar-refractivity contribution < 1.29 is 5.21 Å². The van der Waals surface area contributed by atoms with E-state index in [1.165, 1.54) is 5.69 Å². The first-order chi connectivity index (χ1) is 10.0. The van der Waals surface area contributed by atoms with Gasteiger partial charge in [0.2, 0.25) is 0 Å². The highest BCUT2D eigenvalue weighted by atomic mass is 16.4. The van der Waals surface area contributed by atoms with Gasteiger partial charge in [0.25, 0.3) is 0 Å². The highest BCUT2D eigenvalue weighted by molar-refractivity contribution is 5.84. The normalized spacial score (nSPS) is 19.9. The maximum absolute atomic E-state index is 8.76. The molecule has 21 heavy (non-hydrogen) atoms. The summed E-state index contributed by atoms with van der Waals surface area (Å²) < 4.78 is 1.98. The van der Waals surface area contributed by atoms with Gasteiger partial charge >= 0.3 is 0 Å². The molecule has 1 aromatic rings. The van der Waals surface area contributed by atoms with Gasteiger partial charge < -0.3 is 10.9 Å². The zero-order valence-corrected chi connectivity index (χ0v) is 13.2. The van der Waals surface area contributed by atoms with E-state index in [1.54, 1.807) is 0 Å². The number of nitrogens with zero attached hydrogens (tertiary/aromatic N) is 5. The molecule has 0 bridgehead atoms. The summed E-state index contributed by atoms with van der Waals surface area (Å²) in [4.78, 5) is 4.66. The first-order valence-corrected chi connectivity index (χ1v) is 7.50. The molecule has 1 aliphatic rings. The van der Waals surface area contributed by atoms with Gasteiger partial charge in [-0.15, -0.1) is 0 Å². The summed E-state index contributed by atoms with van der Waals surface area (Å²) in [6, 6.07) is 2.17. The molecule has 3 N–H and O–H groups in total. The molecule has 2 heterocycles. The summed E-state index contributed by atoms with van der Waals surface area (Å²) in [5.41, 5.74) is 8.08. The SMILES string of the molecule is CCc1cc(CN2CCN(C(C)C(N)=NO)CC2)n(C)n1. The number of oxime groups is 1. The van der Waals surface area contributed by atoms with Crippen molar-refractivity contribution in [1.29, 1.82) is 0 Å². The predicted molar refractivity (Wildman–Crippen MR) is 82.3 cm³/mol. The van der Waals surface area contributed by atoms with Crippen molar-refractivity contribution in [2.24, 2.45) is 17.9 Å². The van der Waals surface area contributed by atoms with Crippen molar-refractivity contribution in [3.63, 3.8) is 0 Å². The van der Waals surface area contributed by atoms with Gasteiger partial charge in [-0.1, -0.05) is 12.1 Å². The van der Waals surface area contributed by atoms with Crippen molar-refractivity contribution >= 4 is 5.84 Å². The van der Waals surface area contributed by atoms with Crippen LogP contribution in [0.25, 0.3) is 0 Å². The quantitative estimate of drug-likeness (QED) is 0.352. The van der Waals surface area contributed by atoms with Crippen molar-refractivity contribution in [3.05, 3.63) is 17.5 Å². The fraction of sp³-hybridized carbons (Fsp3) is 0.714. The third-order valence-electron chi connectivity index (χ3n) is 4.27. The van der Waals surface area contributed by atoms with Crippen LogP contribution in [0.1, 0.15) is 25.2 Å². The Balaban J connectivity index is 1.88. The minimum absolute atomic E-state index is 0.0134. The van der Waals surface area contributed by atoms with Crippen molar-refractivity contribution in [1.82, 2.24) is 19.6 Å². The maximum atomic E-state index is 8.76. The molecule has 1 unspecified atom stereocenters. The fourth-order valence-electron chi connectivity index (χ4n) is 2.70. The molecule has 1 atom stereocenters. The molecule has 7 nitrogen and oxygen atoms in total. The first kappa shape index (κ1) is 15.8. The van der Waals surface area contributed by atoms with Crippen molar-refractivity contribution in [2.75, 3.05) is 26.2 Å². The molecular weight excluding hydrogens is 268 g/mol. The Hall–Kier alpha value is -1.60. The van der Waals surface area contributed by atoms with E-state index in [2.05, 4.69) is 33.0 Å². The van der Waals surface area contributed by atoms with E-state index in [1.807, 2.05) is 18.7 Å². The standard InChI is InChI=1S/C14H26N6O/c1-4-12-9-13(18(3)16-12)10-19-5-7-20(8-6-19)11(2)14(15)17-21/h9,11,21H,4-8,10H2,1-3H3,(H2,15,17). The smallest absolute Gasteiger partial charge is 0.156 e. The Morgan fingerprint density at radius 3 is 2.62 bits per heavy atom. The van der Waals surface area contributed by atoms with E-state index in [4.69, 9.17) is 10.9 Å². The van der Waals surface area contributed by atoms with Gasteiger partial charge in [0, 0.05) is 39.8 Å². The number of rotatable bonds is 5. The summed E-state index contributed by atoms with van der Waals surface area (Å²) in [5.74, 6) is 0.280. The van der Waals surface area contributed by atoms with E-state index in [-0.39, 0.29) is 11.9 Å². The predicted octanol–water partition coefficient (Wildman–Crippen LogP) is 0.235. The molecule has 0 aromatic carbocycles. The molecule has 118 valence electrons. The largest absolute Gasteiger partial charge is 0.409 e. The highest BCUT2D eigenvalue weighted by Gasteiger charge is 2.23. The summed E-state index contributed by atoms with van der Waals surface area (Å²) in [5, 5.41) is 16.3. The lowest BCUT2D eigenvalue weighted by atomic mass is 10.2. The monoisotopic (exact) mass is 294 g/mol. The van der Waals surface area contributed by atoms with E-state index in [9.17, 15) is 0 Å². The third-order valence-corrected chi connectivity index (χ3v) is 4.27. The summed E-state index contributed by atoms with van der Waals surface area (Å²) in [7, 11) is 2.01. The topological polar surface area (TPSA) is 82.9 Å². The average molecular weight is 294 g/mol. The second-order valence-corrected chi connectivity index (χ2v) is 5.62. The van der Waals surface area contributed by atoms with Crippen LogP contribution in [0.2, 0.25) is 0 Å². The molecular formula is C14H26N6O. The molecule has 1 aliphatic heterocycles. The number of nitrogens with two attached hydrogens (primary N) is 1. The van der Waals surface area contributed by atoms with Crippen LogP contribution in [-0.4, -0.2) is 62.8 Å². The molecule has 2 rings (SSSR count). The lowest BCUT2D eigenvalue weighted by molar-refractivity contribution is 0.114. The number of piperazine rings is 1. The summed E-state index contributed by atoms with van der Waals surface area (Å²) in [6.45, 7) is 8.84. The van der Waals surface area contributed by atoms with Gasteiger partial charge in [-0.3, -0.25) is 14.5 Å². The highest BCUT2D eigenvalue weighted by Crippen LogP contribution is 2.12. The Morgan fingerprint density at radius 2 is 2.10 bits per heavy atom. The van der Waals surface area contributed by atoms with Crippen molar-refractivity contribution in [2.45, 2.75) is 32.9 Å². The van der Waals surface area contributed by atoms with E-state index >= 15 is 0 Å². The lowest BCUT2D eigenvalue weighted by Gasteiger charge is -2.37. The minimum Gasteiger partial charge on any atom is -0.409 e. The first-order valence-electron chi connectivity index (χ1n) is 7.50. The van der Waals surface area contributed by atoms with Crippen LogP contribution < -0.4 is 5.73 Å². The molecule has 0 aliphatic carbocycles. The van der Waals surface area contributed by atoms with Crippen LogP contribution in [0.5, 0.6) is 0 Å². The Morgan fingerprint density at radius 1 is 1.43 bits per heavy atom. The Labute approximate surface area is 126 Å². The molecule has 0 radical (unpaired) electrons. The summed E-state index contributed by atoms with van der Waals surface area (Å²) in [6.07, 6.45) is 0.971. The van der Waals surface area contributed by atoms with Gasteiger partial charge in [-0.05, 0) is 19.4 Å². The zero-order chi connectivity index (χ0) is 15.4. The van der Waals surface area contributed by atoms with E-state index in [0.29, 0.717) is 0 Å².